The first-order valence-corrected chi connectivity index (χ1v) is 17.5. The Morgan fingerprint density at radius 2 is 0.915 bits per heavy atom. The zero-order valence-corrected chi connectivity index (χ0v) is 29.4. The van der Waals surface area contributed by atoms with E-state index in [1.165, 1.54) is 15.9 Å². The molecule has 0 aliphatic heterocycles. The van der Waals surface area contributed by atoms with Gasteiger partial charge in [0, 0.05) is 23.3 Å². The summed E-state index contributed by atoms with van der Waals surface area (Å²) in [6, 6.07) is 49.6. The van der Waals surface area contributed by atoms with E-state index in [9.17, 15) is 0 Å². The predicted molar refractivity (Wildman–Crippen MR) is 203 cm³/mol. The van der Waals surface area contributed by atoms with E-state index < -0.39 is 7.26 Å². The first-order valence-electron chi connectivity index (χ1n) is 14.8. The van der Waals surface area contributed by atoms with Crippen molar-refractivity contribution in [2.75, 3.05) is 13.3 Å². The molecule has 47 heavy (non-hydrogen) atoms. The Bertz CT molecular complexity index is 1740. The van der Waals surface area contributed by atoms with Gasteiger partial charge in [-0.25, -0.2) is 0 Å². The topological polar surface area (TPSA) is 73.5 Å². The van der Waals surface area contributed by atoms with E-state index in [0.29, 0.717) is 17.7 Å². The van der Waals surface area contributed by atoms with Gasteiger partial charge < -0.3 is 35.9 Å². The molecule has 0 aliphatic carbocycles. The summed E-state index contributed by atoms with van der Waals surface area (Å²) in [7, 11) is -0.467. The van der Waals surface area contributed by atoms with Crippen LogP contribution in [0.2, 0.25) is 0 Å². The summed E-state index contributed by atoms with van der Waals surface area (Å²) in [6.45, 7) is 2.04. The van der Waals surface area contributed by atoms with Crippen LogP contribution in [0.15, 0.2) is 166 Å². The molecule has 5 aromatic carbocycles. The molecule has 5 rings (SSSR count). The molecule has 5 aromatic rings. The van der Waals surface area contributed by atoms with Gasteiger partial charge in [0.25, 0.3) is 0 Å². The number of rotatable bonds is 10. The maximum Gasteiger partial charge on any atom is 2.00 e. The second-order valence-electron chi connectivity index (χ2n) is 10.3. The molecule has 0 amide bonds. The van der Waals surface area contributed by atoms with Gasteiger partial charge in [-0.2, -0.15) is 10.2 Å². The van der Waals surface area contributed by atoms with Gasteiger partial charge >= 0.3 is 17.1 Å². The van der Waals surface area contributed by atoms with Crippen molar-refractivity contribution in [3.63, 3.8) is 0 Å². The number of benzene rings is 5. The van der Waals surface area contributed by atoms with Crippen molar-refractivity contribution in [3.05, 3.63) is 162 Å². The molecule has 6 nitrogen and oxygen atoms in total. The Labute approximate surface area is 299 Å². The Morgan fingerprint density at radius 3 is 1.34 bits per heavy atom. The number of aryl methyl sites for hydroxylation is 1. The van der Waals surface area contributed by atoms with Crippen LogP contribution in [0.3, 0.4) is 0 Å². The molecule has 1 radical (unpaired) electrons. The molecule has 0 saturated heterocycles. The van der Waals surface area contributed by atoms with Crippen LogP contribution in [0.4, 0.5) is 0 Å². The molecule has 10 heteroatoms. The Kier molecular flexibility index (Phi) is 13.4. The van der Waals surface area contributed by atoms with Crippen LogP contribution >= 0.6 is 7.26 Å². The molecular weight excluding hydrogens is 687 g/mol. The molecule has 0 unspecified atom stereocenters. The van der Waals surface area contributed by atoms with Crippen molar-refractivity contribution in [2.45, 2.75) is 6.92 Å². The standard InChI is InChI=1S/C37H35N6PS2.Cu/c1-28-23-25-30(26-24-28)35(40-42-36(45)38-2)34(29-15-7-3-8-16-29)41-43-37(46)39-27-44(31-17-9-4-10-18-31,32-19-11-5-12-20-32)33-21-13-6-14-22-33;/h3-26H,27H2,1-2H3,(H3-,38,39,40,41,42,43,45,46);/q;+2/p-1. The molecule has 0 aromatic heterocycles. The summed E-state index contributed by atoms with van der Waals surface area (Å²) in [5, 5.41) is 28.6. The number of hydrogen-bond acceptors (Lipinski definition) is 6. The van der Waals surface area contributed by atoms with Crippen LogP contribution in [0, 0.1) is 6.92 Å². The minimum atomic E-state index is -2.18. The molecular formula is C37H34CuN6PS2+. The van der Waals surface area contributed by atoms with Gasteiger partial charge in [-0.1, -0.05) is 115 Å². The summed E-state index contributed by atoms with van der Waals surface area (Å²) >= 11 is 11.1. The van der Waals surface area contributed by atoms with Gasteiger partial charge in [-0.05, 0) is 48.5 Å². The SMILES string of the molecule is CN/C([S-])=N/N=C(/C(=N/N=C(\[S-])NC[P+](c1ccccc1)(c1ccccc1)c1ccccc1)c1ccccc1)c1ccc(C)cc1.[Cu+2]. The van der Waals surface area contributed by atoms with Gasteiger partial charge in [0.05, 0.1) is 0 Å². The summed E-state index contributed by atoms with van der Waals surface area (Å²) in [6.07, 6.45) is 0.564. The predicted octanol–water partition coefficient (Wildman–Crippen LogP) is 5.67. The van der Waals surface area contributed by atoms with Gasteiger partial charge in [0.1, 0.15) is 40.9 Å². The molecule has 0 heterocycles. The maximum atomic E-state index is 5.82. The van der Waals surface area contributed by atoms with Crippen LogP contribution in [-0.2, 0) is 42.3 Å². The molecule has 0 spiro atoms. The van der Waals surface area contributed by atoms with Crippen molar-refractivity contribution in [2.24, 2.45) is 20.4 Å². The fourth-order valence-corrected chi connectivity index (χ4v) is 9.16. The van der Waals surface area contributed by atoms with E-state index in [1.807, 2.05) is 79.7 Å². The third-order valence-electron chi connectivity index (χ3n) is 7.35. The Hall–Kier alpha value is -4.23. The minimum Gasteiger partial charge on any atom is -0.741 e. The first kappa shape index (κ1) is 35.6. The largest absolute Gasteiger partial charge is 2.00 e. The normalized spacial score (nSPS) is 12.6. The van der Waals surface area contributed by atoms with E-state index in [4.69, 9.17) is 30.4 Å². The summed E-state index contributed by atoms with van der Waals surface area (Å²) in [4.78, 5) is 0. The van der Waals surface area contributed by atoms with Gasteiger partial charge in [0.15, 0.2) is 0 Å². The second kappa shape index (κ2) is 17.6. The molecule has 239 valence electrons. The van der Waals surface area contributed by atoms with Crippen LogP contribution in [0.5, 0.6) is 0 Å². The number of amidine groups is 2. The average molecular weight is 721 g/mol. The zero-order chi connectivity index (χ0) is 32.2. The van der Waals surface area contributed by atoms with Crippen molar-refractivity contribution < 1.29 is 17.1 Å². The van der Waals surface area contributed by atoms with Crippen molar-refractivity contribution >= 4 is 70.2 Å². The average Bonchev–Trinajstić information content (AvgIpc) is 3.12. The van der Waals surface area contributed by atoms with Gasteiger partial charge in [-0.3, -0.25) is 0 Å². The van der Waals surface area contributed by atoms with Crippen LogP contribution in [-0.4, -0.2) is 35.1 Å². The molecule has 0 fully saturated rings. The second-order valence-corrected chi connectivity index (χ2v) is 14.6. The van der Waals surface area contributed by atoms with E-state index in [2.05, 4.69) is 98.7 Å². The van der Waals surface area contributed by atoms with E-state index >= 15 is 0 Å². The number of nitrogens with zero attached hydrogens (tertiary/aromatic N) is 4. The third-order valence-corrected chi connectivity index (χ3v) is 12.0. The van der Waals surface area contributed by atoms with E-state index in [1.54, 1.807) is 7.05 Å². The van der Waals surface area contributed by atoms with Crippen LogP contribution < -0.4 is 26.5 Å². The Morgan fingerprint density at radius 1 is 0.532 bits per heavy atom. The van der Waals surface area contributed by atoms with Crippen molar-refractivity contribution in [1.29, 1.82) is 0 Å². The van der Waals surface area contributed by atoms with Gasteiger partial charge in [-0.15, -0.1) is 10.2 Å². The summed E-state index contributed by atoms with van der Waals surface area (Å²) < 4.78 is 0. The molecule has 0 atom stereocenters. The Balaban J connectivity index is 0.00000500. The van der Waals surface area contributed by atoms with Crippen molar-refractivity contribution in [3.8, 4) is 0 Å². The minimum absolute atomic E-state index is 0. The smallest absolute Gasteiger partial charge is 0.741 e. The van der Waals surface area contributed by atoms with Crippen molar-refractivity contribution in [1.82, 2.24) is 10.6 Å². The third kappa shape index (κ3) is 8.98. The molecule has 0 bridgehead atoms. The maximum absolute atomic E-state index is 5.82. The fraction of sp³-hybridized carbons (Fsp3) is 0.0811. The molecule has 0 aliphatic rings. The summed E-state index contributed by atoms with van der Waals surface area (Å²) in [5.74, 6) is 0. The number of hydrogen-bond donors (Lipinski definition) is 2. The zero-order valence-electron chi connectivity index (χ0n) is 25.9. The van der Waals surface area contributed by atoms with Gasteiger partial charge in [0.2, 0.25) is 0 Å². The monoisotopic (exact) mass is 720 g/mol. The fourth-order valence-electron chi connectivity index (χ4n) is 5.02. The van der Waals surface area contributed by atoms with Crippen LogP contribution in [0.25, 0.3) is 0 Å². The molecule has 2 N–H and O–H groups in total. The summed E-state index contributed by atoms with van der Waals surface area (Å²) in [5.41, 5.74) is 3.81. The molecule has 0 saturated carbocycles. The van der Waals surface area contributed by atoms with E-state index in [0.717, 1.165) is 16.7 Å². The first-order chi connectivity index (χ1) is 22.5. The number of nitrogens with one attached hydrogen (secondary N) is 2. The quantitative estimate of drug-likeness (QED) is 0.0488. The van der Waals surface area contributed by atoms with Crippen LogP contribution in [0.1, 0.15) is 16.7 Å². The van der Waals surface area contributed by atoms with E-state index in [-0.39, 0.29) is 27.4 Å².